The van der Waals surface area contributed by atoms with E-state index in [0.29, 0.717) is 5.92 Å². The van der Waals surface area contributed by atoms with Gasteiger partial charge in [-0.1, -0.05) is 19.3 Å². The van der Waals surface area contributed by atoms with Gasteiger partial charge in [0, 0.05) is 18.1 Å². The SMILES string of the molecule is Cn1ncc2cc(N)c(C3CCCCC3)cc21. The van der Waals surface area contributed by atoms with Gasteiger partial charge in [-0.3, -0.25) is 4.68 Å². The molecule has 1 aromatic heterocycles. The van der Waals surface area contributed by atoms with Crippen LogP contribution >= 0.6 is 0 Å². The van der Waals surface area contributed by atoms with E-state index in [2.05, 4.69) is 17.2 Å². The zero-order chi connectivity index (χ0) is 11.8. The highest BCUT2D eigenvalue weighted by molar-refractivity contribution is 5.84. The molecule has 1 aliphatic carbocycles. The lowest BCUT2D eigenvalue weighted by Gasteiger charge is -2.23. The predicted molar refractivity (Wildman–Crippen MR) is 71.0 cm³/mol. The molecule has 0 spiro atoms. The molecule has 0 bridgehead atoms. The molecule has 90 valence electrons. The van der Waals surface area contributed by atoms with Crippen molar-refractivity contribution in [1.29, 1.82) is 0 Å². The molecule has 0 aliphatic heterocycles. The van der Waals surface area contributed by atoms with Crippen molar-refractivity contribution >= 4 is 16.6 Å². The topological polar surface area (TPSA) is 43.8 Å². The summed E-state index contributed by atoms with van der Waals surface area (Å²) in [4.78, 5) is 0. The van der Waals surface area contributed by atoms with Crippen LogP contribution in [0.1, 0.15) is 43.6 Å². The minimum atomic E-state index is 0.656. The van der Waals surface area contributed by atoms with E-state index in [4.69, 9.17) is 5.73 Å². The molecule has 2 aromatic rings. The molecule has 0 radical (unpaired) electrons. The van der Waals surface area contributed by atoms with E-state index >= 15 is 0 Å². The number of aryl methyl sites for hydroxylation is 1. The lowest BCUT2D eigenvalue weighted by atomic mass is 9.83. The largest absolute Gasteiger partial charge is 0.398 e. The van der Waals surface area contributed by atoms with Gasteiger partial charge in [0.05, 0.1) is 11.7 Å². The fraction of sp³-hybridized carbons (Fsp3) is 0.500. The van der Waals surface area contributed by atoms with Crippen LogP contribution in [-0.2, 0) is 7.05 Å². The number of hydrogen-bond acceptors (Lipinski definition) is 2. The molecule has 1 aliphatic rings. The highest BCUT2D eigenvalue weighted by Crippen LogP contribution is 2.37. The standard InChI is InChI=1S/C14H19N3/c1-17-14-8-12(10-5-3-2-4-6-10)13(15)7-11(14)9-16-17/h7-10H,2-6,15H2,1H3. The van der Waals surface area contributed by atoms with Gasteiger partial charge in [-0.05, 0) is 36.5 Å². The summed E-state index contributed by atoms with van der Waals surface area (Å²) in [5, 5.41) is 5.43. The quantitative estimate of drug-likeness (QED) is 0.763. The number of benzene rings is 1. The van der Waals surface area contributed by atoms with Gasteiger partial charge in [-0.15, -0.1) is 0 Å². The third kappa shape index (κ3) is 1.79. The van der Waals surface area contributed by atoms with Crippen molar-refractivity contribution < 1.29 is 0 Å². The Morgan fingerprint density at radius 3 is 2.76 bits per heavy atom. The van der Waals surface area contributed by atoms with Crippen LogP contribution in [-0.4, -0.2) is 9.78 Å². The Balaban J connectivity index is 2.07. The van der Waals surface area contributed by atoms with Gasteiger partial charge in [0.1, 0.15) is 0 Å². The maximum atomic E-state index is 6.19. The molecule has 0 unspecified atom stereocenters. The zero-order valence-electron chi connectivity index (χ0n) is 10.3. The summed E-state index contributed by atoms with van der Waals surface area (Å²) >= 11 is 0. The number of anilines is 1. The van der Waals surface area contributed by atoms with Gasteiger partial charge >= 0.3 is 0 Å². The van der Waals surface area contributed by atoms with E-state index in [1.165, 1.54) is 43.2 Å². The summed E-state index contributed by atoms with van der Waals surface area (Å²) in [6.45, 7) is 0. The van der Waals surface area contributed by atoms with Crippen LogP contribution in [0.15, 0.2) is 18.3 Å². The highest BCUT2D eigenvalue weighted by atomic mass is 15.2. The molecule has 2 N–H and O–H groups in total. The number of nitrogens with two attached hydrogens (primary N) is 1. The van der Waals surface area contributed by atoms with Crippen molar-refractivity contribution in [2.24, 2.45) is 7.05 Å². The molecule has 1 aromatic carbocycles. The fourth-order valence-electron chi connectivity index (χ4n) is 3.00. The Morgan fingerprint density at radius 2 is 2.00 bits per heavy atom. The number of nitrogens with zero attached hydrogens (tertiary/aromatic N) is 2. The molecular weight excluding hydrogens is 210 g/mol. The van der Waals surface area contributed by atoms with Crippen molar-refractivity contribution in [3.05, 3.63) is 23.9 Å². The lowest BCUT2D eigenvalue weighted by Crippen LogP contribution is -2.07. The first-order valence-electron chi connectivity index (χ1n) is 6.47. The maximum absolute atomic E-state index is 6.19. The Labute approximate surface area is 102 Å². The van der Waals surface area contributed by atoms with Gasteiger partial charge in [-0.25, -0.2) is 0 Å². The van der Waals surface area contributed by atoms with Crippen LogP contribution in [0.25, 0.3) is 10.9 Å². The van der Waals surface area contributed by atoms with E-state index in [1.54, 1.807) is 0 Å². The Hall–Kier alpha value is -1.51. The number of aromatic nitrogens is 2. The summed E-state index contributed by atoms with van der Waals surface area (Å²) < 4.78 is 1.93. The second-order valence-corrected chi connectivity index (χ2v) is 5.14. The molecule has 0 saturated heterocycles. The fourth-order valence-corrected chi connectivity index (χ4v) is 3.00. The predicted octanol–water partition coefficient (Wildman–Crippen LogP) is 3.20. The number of nitrogen functional groups attached to an aromatic ring is 1. The van der Waals surface area contributed by atoms with Crippen molar-refractivity contribution in [2.45, 2.75) is 38.0 Å². The van der Waals surface area contributed by atoms with Crippen LogP contribution in [0, 0.1) is 0 Å². The second kappa shape index (κ2) is 4.06. The average Bonchev–Trinajstić information content (AvgIpc) is 2.70. The Bertz CT molecular complexity index is 536. The van der Waals surface area contributed by atoms with Crippen molar-refractivity contribution in [3.63, 3.8) is 0 Å². The summed E-state index contributed by atoms with van der Waals surface area (Å²) in [6, 6.07) is 4.32. The lowest BCUT2D eigenvalue weighted by molar-refractivity contribution is 0.444. The van der Waals surface area contributed by atoms with Crippen LogP contribution < -0.4 is 5.73 Å². The molecule has 3 nitrogen and oxygen atoms in total. The van der Waals surface area contributed by atoms with E-state index in [9.17, 15) is 0 Å². The Morgan fingerprint density at radius 1 is 1.24 bits per heavy atom. The van der Waals surface area contributed by atoms with Gasteiger partial charge in [0.15, 0.2) is 0 Å². The average molecular weight is 229 g/mol. The molecule has 0 amide bonds. The zero-order valence-corrected chi connectivity index (χ0v) is 10.3. The van der Waals surface area contributed by atoms with Crippen molar-refractivity contribution in [2.75, 3.05) is 5.73 Å². The van der Waals surface area contributed by atoms with E-state index < -0.39 is 0 Å². The number of fused-ring (bicyclic) bond motifs is 1. The van der Waals surface area contributed by atoms with Gasteiger partial charge in [0.2, 0.25) is 0 Å². The van der Waals surface area contributed by atoms with E-state index in [1.807, 2.05) is 17.9 Å². The highest BCUT2D eigenvalue weighted by Gasteiger charge is 2.18. The number of hydrogen-bond donors (Lipinski definition) is 1. The minimum Gasteiger partial charge on any atom is -0.398 e. The minimum absolute atomic E-state index is 0.656. The smallest absolute Gasteiger partial charge is 0.0683 e. The van der Waals surface area contributed by atoms with Crippen molar-refractivity contribution in [1.82, 2.24) is 9.78 Å². The molecule has 1 fully saturated rings. The van der Waals surface area contributed by atoms with Gasteiger partial charge < -0.3 is 5.73 Å². The van der Waals surface area contributed by atoms with Crippen LogP contribution in [0.5, 0.6) is 0 Å². The second-order valence-electron chi connectivity index (χ2n) is 5.14. The molecule has 1 saturated carbocycles. The van der Waals surface area contributed by atoms with Crippen molar-refractivity contribution in [3.8, 4) is 0 Å². The monoisotopic (exact) mass is 229 g/mol. The Kier molecular flexibility index (Phi) is 2.54. The summed E-state index contributed by atoms with van der Waals surface area (Å²) in [6.07, 6.45) is 8.52. The first-order chi connectivity index (χ1) is 8.25. The third-order valence-corrected chi connectivity index (χ3v) is 4.00. The van der Waals surface area contributed by atoms with Crippen LogP contribution in [0.3, 0.4) is 0 Å². The van der Waals surface area contributed by atoms with Gasteiger partial charge in [-0.2, -0.15) is 5.10 Å². The molecule has 1 heterocycles. The first kappa shape index (κ1) is 10.6. The molecule has 0 atom stereocenters. The normalized spacial score (nSPS) is 17.7. The summed E-state index contributed by atoms with van der Waals surface area (Å²) in [5.74, 6) is 0.656. The molecule has 3 heteroatoms. The molecule has 3 rings (SSSR count). The van der Waals surface area contributed by atoms with E-state index in [0.717, 1.165) is 11.1 Å². The maximum Gasteiger partial charge on any atom is 0.0683 e. The number of rotatable bonds is 1. The third-order valence-electron chi connectivity index (χ3n) is 4.00. The summed E-state index contributed by atoms with van der Waals surface area (Å²) in [5.41, 5.74) is 9.66. The van der Waals surface area contributed by atoms with Crippen LogP contribution in [0.2, 0.25) is 0 Å². The molecule has 17 heavy (non-hydrogen) atoms. The summed E-state index contributed by atoms with van der Waals surface area (Å²) in [7, 11) is 1.99. The van der Waals surface area contributed by atoms with Crippen LogP contribution in [0.4, 0.5) is 5.69 Å². The first-order valence-corrected chi connectivity index (χ1v) is 6.47. The van der Waals surface area contributed by atoms with E-state index in [-0.39, 0.29) is 0 Å². The van der Waals surface area contributed by atoms with Gasteiger partial charge in [0.25, 0.3) is 0 Å². The molecular formula is C14H19N3.